The fraction of sp³-hybridized carbons (Fsp3) is 0.320. The van der Waals surface area contributed by atoms with Gasteiger partial charge in [-0.1, -0.05) is 18.2 Å². The van der Waals surface area contributed by atoms with Gasteiger partial charge in [0, 0.05) is 36.1 Å². The Hall–Kier alpha value is -3.03. The highest BCUT2D eigenvalue weighted by atomic mass is 32.1. The van der Waals surface area contributed by atoms with Crippen LogP contribution in [-0.4, -0.2) is 36.1 Å². The average Bonchev–Trinajstić information content (AvgIpc) is 3.50. The van der Waals surface area contributed by atoms with Gasteiger partial charge in [-0.25, -0.2) is 0 Å². The lowest BCUT2D eigenvalue weighted by atomic mass is 10.0. The Morgan fingerprint density at radius 1 is 1.22 bits per heavy atom. The second-order valence-corrected chi connectivity index (χ2v) is 8.95. The van der Waals surface area contributed by atoms with Crippen LogP contribution in [0.4, 0.5) is 5.69 Å². The molecule has 2 aromatic heterocycles. The molecule has 0 spiro atoms. The zero-order valence-corrected chi connectivity index (χ0v) is 18.9. The van der Waals surface area contributed by atoms with Gasteiger partial charge in [0.15, 0.2) is 0 Å². The third-order valence-corrected chi connectivity index (χ3v) is 6.39. The van der Waals surface area contributed by atoms with Gasteiger partial charge in [0.05, 0.1) is 12.5 Å². The number of aromatic nitrogens is 1. The van der Waals surface area contributed by atoms with Crippen LogP contribution in [0.1, 0.15) is 34.9 Å². The summed E-state index contributed by atoms with van der Waals surface area (Å²) in [6.45, 7) is 3.13. The first-order valence-corrected chi connectivity index (χ1v) is 11.7. The highest BCUT2D eigenvalue weighted by Gasteiger charge is 2.33. The Bertz CT molecular complexity index is 1030. The van der Waals surface area contributed by atoms with E-state index >= 15 is 0 Å². The lowest BCUT2D eigenvalue weighted by Crippen LogP contribution is -2.46. The van der Waals surface area contributed by atoms with E-state index in [-0.39, 0.29) is 24.3 Å². The Morgan fingerprint density at radius 3 is 2.75 bits per heavy atom. The minimum Gasteiger partial charge on any atom is -0.376 e. The van der Waals surface area contributed by atoms with Gasteiger partial charge in [0.1, 0.15) is 6.04 Å². The van der Waals surface area contributed by atoms with Crippen molar-refractivity contribution < 1.29 is 14.3 Å². The third kappa shape index (κ3) is 5.41. The lowest BCUT2D eigenvalue weighted by molar-refractivity contribution is -0.126. The largest absolute Gasteiger partial charge is 0.376 e. The van der Waals surface area contributed by atoms with E-state index < -0.39 is 6.04 Å². The summed E-state index contributed by atoms with van der Waals surface area (Å²) in [5, 5.41) is 4.98. The summed E-state index contributed by atoms with van der Waals surface area (Å²) in [5.74, 6) is -0.361. The van der Waals surface area contributed by atoms with E-state index in [9.17, 15) is 9.59 Å². The van der Waals surface area contributed by atoms with E-state index in [1.807, 2.05) is 48.7 Å². The SMILES string of the molecule is Cc1cccc(N(C(=O)Cc2cccs2)[C@@H](C(=O)NC[C@@H]2CCCO2)c2ccncc2)c1. The molecule has 4 rings (SSSR count). The van der Waals surface area contributed by atoms with Crippen LogP contribution in [0, 0.1) is 6.92 Å². The number of ether oxygens (including phenoxy) is 1. The molecule has 1 N–H and O–H groups in total. The molecule has 2 amide bonds. The van der Waals surface area contributed by atoms with Crippen LogP contribution in [0.25, 0.3) is 0 Å². The molecule has 0 bridgehead atoms. The number of amides is 2. The number of aryl methyl sites for hydroxylation is 1. The van der Waals surface area contributed by atoms with Crippen molar-refractivity contribution >= 4 is 28.8 Å². The number of nitrogens with zero attached hydrogens (tertiary/aromatic N) is 2. The number of nitrogens with one attached hydrogen (secondary N) is 1. The highest BCUT2D eigenvalue weighted by Crippen LogP contribution is 2.30. The summed E-state index contributed by atoms with van der Waals surface area (Å²) in [4.78, 5) is 33.8. The summed E-state index contributed by atoms with van der Waals surface area (Å²) in [6.07, 6.45) is 5.47. The van der Waals surface area contributed by atoms with Crippen LogP contribution >= 0.6 is 11.3 Å². The minimum atomic E-state index is -0.811. The summed E-state index contributed by atoms with van der Waals surface area (Å²) in [6, 6.07) is 14.3. The van der Waals surface area contributed by atoms with Crippen molar-refractivity contribution in [3.63, 3.8) is 0 Å². The van der Waals surface area contributed by atoms with Crippen molar-refractivity contribution in [2.24, 2.45) is 0 Å². The zero-order chi connectivity index (χ0) is 22.3. The maximum Gasteiger partial charge on any atom is 0.247 e. The Balaban J connectivity index is 1.69. The summed E-state index contributed by atoms with van der Waals surface area (Å²) in [5.41, 5.74) is 2.43. The quantitative estimate of drug-likeness (QED) is 0.563. The molecule has 3 heterocycles. The molecule has 1 fully saturated rings. The van der Waals surface area contributed by atoms with Gasteiger partial charge in [-0.15, -0.1) is 11.3 Å². The number of anilines is 1. The van der Waals surface area contributed by atoms with Gasteiger partial charge < -0.3 is 10.1 Å². The second kappa shape index (κ2) is 10.5. The van der Waals surface area contributed by atoms with E-state index in [4.69, 9.17) is 4.74 Å². The maximum atomic E-state index is 13.6. The monoisotopic (exact) mass is 449 g/mol. The van der Waals surface area contributed by atoms with E-state index in [1.54, 1.807) is 29.4 Å². The zero-order valence-electron chi connectivity index (χ0n) is 18.1. The fourth-order valence-electron chi connectivity index (χ4n) is 3.94. The normalized spacial score (nSPS) is 16.5. The second-order valence-electron chi connectivity index (χ2n) is 7.92. The van der Waals surface area contributed by atoms with Crippen molar-refractivity contribution in [2.45, 2.75) is 38.3 Å². The molecule has 0 saturated carbocycles. The fourth-order valence-corrected chi connectivity index (χ4v) is 4.64. The molecule has 1 aromatic carbocycles. The molecule has 2 atom stereocenters. The number of benzene rings is 1. The smallest absolute Gasteiger partial charge is 0.247 e. The molecule has 1 aliphatic rings. The van der Waals surface area contributed by atoms with Crippen LogP contribution in [0.15, 0.2) is 66.3 Å². The molecule has 32 heavy (non-hydrogen) atoms. The van der Waals surface area contributed by atoms with E-state index in [0.717, 1.165) is 29.9 Å². The molecule has 1 saturated heterocycles. The molecular formula is C25H27N3O3S. The molecule has 7 heteroatoms. The Labute approximate surface area is 192 Å². The van der Waals surface area contributed by atoms with Crippen LogP contribution in [0.2, 0.25) is 0 Å². The molecule has 0 aliphatic carbocycles. The Morgan fingerprint density at radius 2 is 2.06 bits per heavy atom. The van der Waals surface area contributed by atoms with E-state index in [1.165, 1.54) is 11.3 Å². The maximum absolute atomic E-state index is 13.6. The number of hydrogen-bond donors (Lipinski definition) is 1. The van der Waals surface area contributed by atoms with Gasteiger partial charge in [0.2, 0.25) is 11.8 Å². The third-order valence-electron chi connectivity index (χ3n) is 5.51. The first-order chi connectivity index (χ1) is 15.6. The summed E-state index contributed by atoms with van der Waals surface area (Å²) in [7, 11) is 0. The topological polar surface area (TPSA) is 71.5 Å². The van der Waals surface area contributed by atoms with Crippen LogP contribution in [-0.2, 0) is 20.7 Å². The number of rotatable bonds is 8. The standard InChI is InChI=1S/C25H27N3O3S/c1-18-5-2-6-20(15-18)28(23(29)16-22-8-4-14-32-22)24(19-9-11-26-12-10-19)25(30)27-17-21-7-3-13-31-21/h2,4-6,8-12,14-15,21,24H,3,7,13,16-17H2,1H3,(H,27,30)/t21-,24+/m0/s1. The van der Waals surface area contributed by atoms with Crippen molar-refractivity contribution in [2.75, 3.05) is 18.1 Å². The van der Waals surface area contributed by atoms with Gasteiger partial charge in [0.25, 0.3) is 0 Å². The number of hydrogen-bond acceptors (Lipinski definition) is 5. The summed E-state index contributed by atoms with van der Waals surface area (Å²) < 4.78 is 5.66. The average molecular weight is 450 g/mol. The molecule has 0 unspecified atom stereocenters. The van der Waals surface area contributed by atoms with Gasteiger partial charge >= 0.3 is 0 Å². The highest BCUT2D eigenvalue weighted by molar-refractivity contribution is 7.10. The van der Waals surface area contributed by atoms with Crippen molar-refractivity contribution in [1.82, 2.24) is 10.3 Å². The predicted octanol–water partition coefficient (Wildman–Crippen LogP) is 4.06. The first kappa shape index (κ1) is 22.2. The number of carbonyl (C=O) groups is 2. The summed E-state index contributed by atoms with van der Waals surface area (Å²) >= 11 is 1.54. The number of carbonyl (C=O) groups excluding carboxylic acids is 2. The molecule has 1 aliphatic heterocycles. The van der Waals surface area contributed by atoms with E-state index in [2.05, 4.69) is 10.3 Å². The molecule has 0 radical (unpaired) electrons. The minimum absolute atomic E-state index is 0.0197. The molecule has 166 valence electrons. The molecular weight excluding hydrogens is 422 g/mol. The molecule has 6 nitrogen and oxygen atoms in total. The van der Waals surface area contributed by atoms with Gasteiger partial charge in [-0.05, 0) is 66.6 Å². The van der Waals surface area contributed by atoms with Gasteiger partial charge in [-0.3, -0.25) is 19.5 Å². The predicted molar refractivity (Wildman–Crippen MR) is 126 cm³/mol. The number of thiophene rings is 1. The van der Waals surface area contributed by atoms with Crippen molar-refractivity contribution in [3.8, 4) is 0 Å². The van der Waals surface area contributed by atoms with Crippen molar-refractivity contribution in [1.29, 1.82) is 0 Å². The van der Waals surface area contributed by atoms with Gasteiger partial charge in [-0.2, -0.15) is 0 Å². The van der Waals surface area contributed by atoms with E-state index in [0.29, 0.717) is 17.8 Å². The first-order valence-electron chi connectivity index (χ1n) is 10.8. The molecule has 3 aromatic rings. The Kier molecular flexibility index (Phi) is 7.29. The van der Waals surface area contributed by atoms with Crippen molar-refractivity contribution in [3.05, 3.63) is 82.3 Å². The number of pyridine rings is 1. The lowest BCUT2D eigenvalue weighted by Gasteiger charge is -2.32. The van der Waals surface area contributed by atoms with Crippen LogP contribution < -0.4 is 10.2 Å². The van der Waals surface area contributed by atoms with Crippen LogP contribution in [0.5, 0.6) is 0 Å². The van der Waals surface area contributed by atoms with Crippen LogP contribution in [0.3, 0.4) is 0 Å².